The smallest absolute Gasteiger partial charge is 0.314 e. The van der Waals surface area contributed by atoms with Crippen LogP contribution in [-0.4, -0.2) is 11.1 Å². The Morgan fingerprint density at radius 2 is 2.38 bits per heavy atom. The minimum atomic E-state index is -0.638. The Balaban J connectivity index is 2.20. The van der Waals surface area contributed by atoms with Crippen molar-refractivity contribution in [2.24, 2.45) is 5.92 Å². The molecule has 1 aromatic rings. The summed E-state index contributed by atoms with van der Waals surface area (Å²) in [5.74, 6) is -0.349. The van der Waals surface area contributed by atoms with Gasteiger partial charge in [-0.25, -0.2) is 0 Å². The molecular formula is C13H14O2S. The second kappa shape index (κ2) is 3.45. The van der Waals surface area contributed by atoms with Gasteiger partial charge in [-0.3, -0.25) is 4.79 Å². The Kier molecular flexibility index (Phi) is 2.18. The van der Waals surface area contributed by atoms with Crippen molar-refractivity contribution in [3.63, 3.8) is 0 Å². The molecule has 2 nitrogen and oxygen atoms in total. The van der Waals surface area contributed by atoms with E-state index in [-0.39, 0.29) is 5.92 Å². The number of carboxylic acid groups (broad SMARTS) is 1. The molecule has 2 unspecified atom stereocenters. The zero-order valence-corrected chi connectivity index (χ0v) is 9.80. The molecule has 3 heteroatoms. The fourth-order valence-electron chi connectivity index (χ4n) is 3.21. The maximum absolute atomic E-state index is 11.7. The molecule has 0 spiro atoms. The fourth-order valence-corrected chi connectivity index (χ4v) is 4.19. The van der Waals surface area contributed by atoms with Crippen LogP contribution in [0.5, 0.6) is 0 Å². The monoisotopic (exact) mass is 234 g/mol. The molecule has 0 saturated carbocycles. The van der Waals surface area contributed by atoms with Crippen molar-refractivity contribution in [1.29, 1.82) is 0 Å². The quantitative estimate of drug-likeness (QED) is 0.758. The van der Waals surface area contributed by atoms with Gasteiger partial charge in [0, 0.05) is 4.88 Å². The molecule has 1 heterocycles. The zero-order valence-electron chi connectivity index (χ0n) is 8.98. The van der Waals surface area contributed by atoms with Crippen LogP contribution in [0.1, 0.15) is 29.7 Å². The third kappa shape index (κ3) is 1.15. The average molecular weight is 234 g/mol. The summed E-state index contributed by atoms with van der Waals surface area (Å²) in [5.41, 5.74) is 0.466. The summed E-state index contributed by atoms with van der Waals surface area (Å²) in [6.45, 7) is 0. The fraction of sp³-hybridized carbons (Fsp3) is 0.462. The predicted molar refractivity (Wildman–Crippen MR) is 63.8 cm³/mol. The van der Waals surface area contributed by atoms with E-state index in [0.29, 0.717) is 6.42 Å². The highest BCUT2D eigenvalue weighted by molar-refractivity contribution is 7.10. The molecule has 0 fully saturated rings. The van der Waals surface area contributed by atoms with E-state index < -0.39 is 11.4 Å². The van der Waals surface area contributed by atoms with Crippen LogP contribution in [-0.2, 0) is 16.6 Å². The van der Waals surface area contributed by atoms with Crippen molar-refractivity contribution in [2.45, 2.75) is 31.1 Å². The predicted octanol–water partition coefficient (Wildman–Crippen LogP) is 2.98. The van der Waals surface area contributed by atoms with Crippen molar-refractivity contribution in [2.75, 3.05) is 0 Å². The first-order valence-electron chi connectivity index (χ1n) is 5.70. The van der Waals surface area contributed by atoms with E-state index in [1.54, 1.807) is 11.3 Å². The second-order valence-electron chi connectivity index (χ2n) is 4.68. The number of carbonyl (C=O) groups is 1. The van der Waals surface area contributed by atoms with E-state index in [1.165, 1.54) is 4.88 Å². The highest BCUT2D eigenvalue weighted by atomic mass is 32.1. The van der Waals surface area contributed by atoms with Gasteiger partial charge in [-0.05, 0) is 48.6 Å². The van der Waals surface area contributed by atoms with E-state index >= 15 is 0 Å². The Morgan fingerprint density at radius 3 is 3.19 bits per heavy atom. The highest BCUT2D eigenvalue weighted by Crippen LogP contribution is 2.49. The van der Waals surface area contributed by atoms with Crippen LogP contribution in [0.4, 0.5) is 0 Å². The molecule has 0 bridgehead atoms. The summed E-state index contributed by atoms with van der Waals surface area (Å²) in [6.07, 6.45) is 7.84. The molecule has 1 aromatic heterocycles. The zero-order chi connectivity index (χ0) is 11.2. The van der Waals surface area contributed by atoms with Crippen molar-refractivity contribution in [1.82, 2.24) is 0 Å². The lowest BCUT2D eigenvalue weighted by atomic mass is 9.60. The maximum atomic E-state index is 11.7. The number of allylic oxidation sites excluding steroid dienone is 2. The topological polar surface area (TPSA) is 37.3 Å². The number of carboxylic acids is 1. The van der Waals surface area contributed by atoms with Gasteiger partial charge >= 0.3 is 5.97 Å². The first-order valence-corrected chi connectivity index (χ1v) is 6.58. The molecule has 2 aliphatic rings. The lowest BCUT2D eigenvalue weighted by Gasteiger charge is -2.42. The van der Waals surface area contributed by atoms with E-state index in [9.17, 15) is 9.90 Å². The maximum Gasteiger partial charge on any atom is 0.314 e. The third-order valence-corrected chi connectivity index (χ3v) is 5.03. The van der Waals surface area contributed by atoms with Gasteiger partial charge in [-0.2, -0.15) is 0 Å². The summed E-state index contributed by atoms with van der Waals surface area (Å²) >= 11 is 1.71. The third-order valence-electron chi connectivity index (χ3n) is 4.05. The summed E-state index contributed by atoms with van der Waals surface area (Å²) in [5, 5.41) is 11.7. The summed E-state index contributed by atoms with van der Waals surface area (Å²) < 4.78 is 0. The lowest BCUT2D eigenvalue weighted by molar-refractivity contribution is -0.147. The van der Waals surface area contributed by atoms with Gasteiger partial charge in [-0.1, -0.05) is 12.2 Å². The van der Waals surface area contributed by atoms with Crippen LogP contribution < -0.4 is 0 Å². The second-order valence-corrected chi connectivity index (χ2v) is 5.68. The SMILES string of the molecule is O=C(O)C12CC=CCC1CCc1sccc12. The van der Waals surface area contributed by atoms with Gasteiger partial charge in [-0.15, -0.1) is 11.3 Å². The van der Waals surface area contributed by atoms with Gasteiger partial charge < -0.3 is 5.11 Å². The molecule has 2 atom stereocenters. The Labute approximate surface area is 98.6 Å². The molecule has 0 aromatic carbocycles. The molecule has 0 amide bonds. The molecule has 0 radical (unpaired) electrons. The molecular weight excluding hydrogens is 220 g/mol. The highest BCUT2D eigenvalue weighted by Gasteiger charge is 2.50. The van der Waals surface area contributed by atoms with E-state index in [1.807, 2.05) is 17.5 Å². The van der Waals surface area contributed by atoms with Crippen LogP contribution in [0.3, 0.4) is 0 Å². The summed E-state index contributed by atoms with van der Waals surface area (Å²) in [4.78, 5) is 13.0. The van der Waals surface area contributed by atoms with E-state index in [2.05, 4.69) is 6.08 Å². The van der Waals surface area contributed by atoms with Crippen LogP contribution in [0, 0.1) is 5.92 Å². The van der Waals surface area contributed by atoms with Gasteiger partial charge in [0.25, 0.3) is 0 Å². The van der Waals surface area contributed by atoms with Crippen molar-refractivity contribution < 1.29 is 9.90 Å². The summed E-state index contributed by atoms with van der Waals surface area (Å²) in [6, 6.07) is 2.03. The number of rotatable bonds is 1. The standard InChI is InChI=1S/C13H14O2S/c14-12(15)13-7-2-1-3-9(13)4-5-11-10(13)6-8-16-11/h1-2,6,8-9H,3-5,7H2,(H,14,15). The molecule has 3 rings (SSSR count). The molecule has 0 aliphatic heterocycles. The molecule has 0 saturated heterocycles. The molecule has 1 N–H and O–H groups in total. The Bertz CT molecular complexity index is 460. The van der Waals surface area contributed by atoms with E-state index in [4.69, 9.17) is 0 Å². The molecule has 2 aliphatic carbocycles. The average Bonchev–Trinajstić information content (AvgIpc) is 2.77. The number of thiophene rings is 1. The number of hydrogen-bond donors (Lipinski definition) is 1. The lowest BCUT2D eigenvalue weighted by Crippen LogP contribution is -2.46. The van der Waals surface area contributed by atoms with Crippen LogP contribution in [0.15, 0.2) is 23.6 Å². The van der Waals surface area contributed by atoms with Gasteiger partial charge in [0.05, 0.1) is 0 Å². The Hall–Kier alpha value is -1.09. The minimum Gasteiger partial charge on any atom is -0.481 e. The van der Waals surface area contributed by atoms with Crippen LogP contribution >= 0.6 is 11.3 Å². The van der Waals surface area contributed by atoms with E-state index in [0.717, 1.165) is 24.8 Å². The Morgan fingerprint density at radius 1 is 1.50 bits per heavy atom. The van der Waals surface area contributed by atoms with Crippen molar-refractivity contribution in [3.05, 3.63) is 34.0 Å². The first kappa shape index (κ1) is 10.1. The first-order chi connectivity index (χ1) is 7.75. The minimum absolute atomic E-state index is 0.289. The largest absolute Gasteiger partial charge is 0.481 e. The molecule has 84 valence electrons. The number of aryl methyl sites for hydroxylation is 1. The number of hydrogen-bond acceptors (Lipinski definition) is 2. The number of aliphatic carboxylic acids is 1. The normalized spacial score (nSPS) is 31.9. The molecule has 16 heavy (non-hydrogen) atoms. The number of fused-ring (bicyclic) bond motifs is 3. The van der Waals surface area contributed by atoms with Gasteiger partial charge in [0.15, 0.2) is 0 Å². The van der Waals surface area contributed by atoms with Crippen molar-refractivity contribution in [3.8, 4) is 0 Å². The summed E-state index contributed by atoms with van der Waals surface area (Å²) in [7, 11) is 0. The van der Waals surface area contributed by atoms with Gasteiger partial charge in [0.2, 0.25) is 0 Å². The van der Waals surface area contributed by atoms with Crippen LogP contribution in [0.2, 0.25) is 0 Å². The van der Waals surface area contributed by atoms with Crippen molar-refractivity contribution >= 4 is 17.3 Å². The van der Waals surface area contributed by atoms with Gasteiger partial charge in [0.1, 0.15) is 5.41 Å². The van der Waals surface area contributed by atoms with Crippen LogP contribution in [0.25, 0.3) is 0 Å².